The second-order valence-electron chi connectivity index (χ2n) is 6.21. The average Bonchev–Trinajstić information content (AvgIpc) is 3.40. The first kappa shape index (κ1) is 16.0. The van der Waals surface area contributed by atoms with E-state index in [1.54, 1.807) is 6.20 Å². The number of nitriles is 1. The van der Waals surface area contributed by atoms with Crippen LogP contribution in [0.3, 0.4) is 0 Å². The van der Waals surface area contributed by atoms with Gasteiger partial charge in [-0.05, 0) is 56.0 Å². The van der Waals surface area contributed by atoms with Gasteiger partial charge in [-0.2, -0.15) is 5.26 Å². The minimum absolute atomic E-state index is 0.000386. The van der Waals surface area contributed by atoms with Crippen LogP contribution in [0.15, 0.2) is 36.5 Å². The van der Waals surface area contributed by atoms with Crippen molar-refractivity contribution >= 4 is 17.4 Å². The largest absolute Gasteiger partial charge is 0.362 e. The molecule has 5 nitrogen and oxygen atoms in total. The van der Waals surface area contributed by atoms with Crippen LogP contribution < -0.4 is 10.6 Å². The predicted molar refractivity (Wildman–Crippen MR) is 93.5 cm³/mol. The van der Waals surface area contributed by atoms with E-state index in [9.17, 15) is 10.1 Å². The van der Waals surface area contributed by atoms with Crippen LogP contribution in [0, 0.1) is 24.2 Å². The molecule has 1 aliphatic rings. The first-order chi connectivity index (χ1) is 11.6. The summed E-state index contributed by atoms with van der Waals surface area (Å²) in [5.74, 6) is 0.898. The van der Waals surface area contributed by atoms with Crippen molar-refractivity contribution < 1.29 is 4.79 Å². The number of nitrogens with one attached hydrogen (secondary N) is 2. The lowest BCUT2D eigenvalue weighted by Gasteiger charge is -2.17. The number of amides is 1. The highest BCUT2D eigenvalue weighted by molar-refractivity contribution is 5.94. The van der Waals surface area contributed by atoms with Gasteiger partial charge in [0.05, 0.1) is 5.56 Å². The van der Waals surface area contributed by atoms with Crippen molar-refractivity contribution in [2.75, 3.05) is 10.6 Å². The predicted octanol–water partition coefficient (Wildman–Crippen LogP) is 3.78. The Morgan fingerprint density at radius 3 is 2.62 bits per heavy atom. The standard InChI is InChI=1S/C19H20N4O/c1-12-9-10-21-18(17(12)11-20)22-13(2)14-5-7-16(8-6-14)23-19(24)15-3-4-15/h5-10,13,15H,3-4H2,1-2H3,(H,21,22)(H,23,24)/t13-/m0/s1. The topological polar surface area (TPSA) is 77.8 Å². The summed E-state index contributed by atoms with van der Waals surface area (Å²) in [6, 6.07) is 11.8. The lowest BCUT2D eigenvalue weighted by Crippen LogP contribution is -2.13. The first-order valence-corrected chi connectivity index (χ1v) is 8.11. The molecule has 0 radical (unpaired) electrons. The number of carbonyl (C=O) groups excluding carboxylic acids is 1. The molecule has 0 unspecified atom stereocenters. The Hall–Kier alpha value is -2.87. The van der Waals surface area contributed by atoms with Crippen LogP contribution in [-0.4, -0.2) is 10.9 Å². The van der Waals surface area contributed by atoms with Gasteiger partial charge in [-0.3, -0.25) is 4.79 Å². The first-order valence-electron chi connectivity index (χ1n) is 8.11. The summed E-state index contributed by atoms with van der Waals surface area (Å²) in [5.41, 5.74) is 3.35. The van der Waals surface area contributed by atoms with Crippen molar-refractivity contribution in [3.8, 4) is 6.07 Å². The molecule has 1 atom stereocenters. The number of nitrogens with zero attached hydrogens (tertiary/aromatic N) is 2. The van der Waals surface area contributed by atoms with E-state index in [0.717, 1.165) is 29.7 Å². The zero-order chi connectivity index (χ0) is 17.1. The summed E-state index contributed by atoms with van der Waals surface area (Å²) in [6.07, 6.45) is 3.69. The second-order valence-corrected chi connectivity index (χ2v) is 6.21. The zero-order valence-corrected chi connectivity index (χ0v) is 13.8. The van der Waals surface area contributed by atoms with Crippen molar-refractivity contribution in [1.29, 1.82) is 5.26 Å². The van der Waals surface area contributed by atoms with E-state index in [-0.39, 0.29) is 17.9 Å². The summed E-state index contributed by atoms with van der Waals surface area (Å²) in [7, 11) is 0. The lowest BCUT2D eigenvalue weighted by molar-refractivity contribution is -0.117. The van der Waals surface area contributed by atoms with Crippen molar-refractivity contribution in [2.45, 2.75) is 32.7 Å². The highest BCUT2D eigenvalue weighted by Gasteiger charge is 2.29. The fraction of sp³-hybridized carbons (Fsp3) is 0.316. The Morgan fingerprint density at radius 2 is 2.00 bits per heavy atom. The molecule has 1 aromatic heterocycles. The van der Waals surface area contributed by atoms with E-state index in [4.69, 9.17) is 0 Å². The number of anilines is 2. The number of rotatable bonds is 5. The Balaban J connectivity index is 1.69. The molecule has 0 saturated heterocycles. The molecule has 2 N–H and O–H groups in total. The van der Waals surface area contributed by atoms with Gasteiger partial charge in [0.15, 0.2) is 0 Å². The fourth-order valence-electron chi connectivity index (χ4n) is 2.54. The Bertz CT molecular complexity index is 788. The molecule has 1 aromatic carbocycles. The van der Waals surface area contributed by atoms with Crippen LogP contribution in [0.5, 0.6) is 0 Å². The quantitative estimate of drug-likeness (QED) is 0.878. The highest BCUT2D eigenvalue weighted by atomic mass is 16.2. The molecule has 1 heterocycles. The van der Waals surface area contributed by atoms with Crippen molar-refractivity contribution in [2.24, 2.45) is 5.92 Å². The SMILES string of the molecule is Cc1ccnc(N[C@@H](C)c2ccc(NC(=O)C3CC3)cc2)c1C#N. The maximum Gasteiger partial charge on any atom is 0.227 e. The van der Waals surface area contributed by atoms with Crippen LogP contribution in [0.1, 0.15) is 42.5 Å². The number of carbonyl (C=O) groups is 1. The number of hydrogen-bond acceptors (Lipinski definition) is 4. The number of benzene rings is 1. The third-order valence-electron chi connectivity index (χ3n) is 4.25. The molecule has 1 aliphatic carbocycles. The summed E-state index contributed by atoms with van der Waals surface area (Å²) >= 11 is 0. The summed E-state index contributed by atoms with van der Waals surface area (Å²) < 4.78 is 0. The van der Waals surface area contributed by atoms with Crippen molar-refractivity contribution in [3.05, 3.63) is 53.2 Å². The van der Waals surface area contributed by atoms with Gasteiger partial charge in [-0.15, -0.1) is 0 Å². The maximum atomic E-state index is 11.8. The lowest BCUT2D eigenvalue weighted by atomic mass is 10.1. The molecule has 3 rings (SSSR count). The van der Waals surface area contributed by atoms with E-state index in [2.05, 4.69) is 21.7 Å². The van der Waals surface area contributed by atoms with Gasteiger partial charge < -0.3 is 10.6 Å². The molecule has 0 bridgehead atoms. The fourth-order valence-corrected chi connectivity index (χ4v) is 2.54. The molecule has 1 amide bonds. The molecule has 0 spiro atoms. The molecule has 2 aromatic rings. The minimum Gasteiger partial charge on any atom is -0.362 e. The van der Waals surface area contributed by atoms with Crippen LogP contribution in [0.2, 0.25) is 0 Å². The van der Waals surface area contributed by atoms with E-state index >= 15 is 0 Å². The summed E-state index contributed by atoms with van der Waals surface area (Å²) in [4.78, 5) is 16.0. The van der Waals surface area contributed by atoms with E-state index in [1.807, 2.05) is 44.2 Å². The number of pyridine rings is 1. The maximum absolute atomic E-state index is 11.8. The number of hydrogen-bond donors (Lipinski definition) is 2. The van der Waals surface area contributed by atoms with Gasteiger partial charge in [0.2, 0.25) is 5.91 Å². The van der Waals surface area contributed by atoms with Crippen molar-refractivity contribution in [1.82, 2.24) is 4.98 Å². The van der Waals surface area contributed by atoms with Crippen LogP contribution in [0.25, 0.3) is 0 Å². The van der Waals surface area contributed by atoms with E-state index in [1.165, 1.54) is 0 Å². The Morgan fingerprint density at radius 1 is 1.29 bits per heavy atom. The molecule has 1 saturated carbocycles. The third-order valence-corrected chi connectivity index (χ3v) is 4.25. The molecule has 0 aliphatic heterocycles. The normalized spacial score (nSPS) is 14.5. The zero-order valence-electron chi connectivity index (χ0n) is 13.8. The van der Waals surface area contributed by atoms with Crippen LogP contribution >= 0.6 is 0 Å². The summed E-state index contributed by atoms with van der Waals surface area (Å²) in [6.45, 7) is 3.91. The monoisotopic (exact) mass is 320 g/mol. The van der Waals surface area contributed by atoms with Gasteiger partial charge in [0.25, 0.3) is 0 Å². The van der Waals surface area contributed by atoms with E-state index in [0.29, 0.717) is 11.4 Å². The summed E-state index contributed by atoms with van der Waals surface area (Å²) in [5, 5.41) is 15.5. The van der Waals surface area contributed by atoms with E-state index < -0.39 is 0 Å². The highest BCUT2D eigenvalue weighted by Crippen LogP contribution is 2.30. The number of aromatic nitrogens is 1. The molecule has 24 heavy (non-hydrogen) atoms. The smallest absolute Gasteiger partial charge is 0.227 e. The second kappa shape index (κ2) is 6.71. The van der Waals surface area contributed by atoms with Crippen LogP contribution in [0.4, 0.5) is 11.5 Å². The van der Waals surface area contributed by atoms with Gasteiger partial charge in [-0.25, -0.2) is 4.98 Å². The van der Waals surface area contributed by atoms with Gasteiger partial charge in [0.1, 0.15) is 11.9 Å². The molecular formula is C19H20N4O. The molecular weight excluding hydrogens is 300 g/mol. The van der Waals surface area contributed by atoms with Crippen molar-refractivity contribution in [3.63, 3.8) is 0 Å². The van der Waals surface area contributed by atoms with Crippen LogP contribution in [-0.2, 0) is 4.79 Å². The van der Waals surface area contributed by atoms with Gasteiger partial charge in [0, 0.05) is 23.8 Å². The Labute approximate surface area is 141 Å². The number of aryl methyl sites for hydroxylation is 1. The average molecular weight is 320 g/mol. The molecule has 5 heteroatoms. The third kappa shape index (κ3) is 3.54. The molecule has 122 valence electrons. The van der Waals surface area contributed by atoms with Gasteiger partial charge >= 0.3 is 0 Å². The molecule has 1 fully saturated rings. The minimum atomic E-state index is -0.000386. The Kier molecular flexibility index (Phi) is 4.48. The van der Waals surface area contributed by atoms with Gasteiger partial charge in [-0.1, -0.05) is 12.1 Å².